The van der Waals surface area contributed by atoms with Crippen molar-refractivity contribution in [3.63, 3.8) is 0 Å². The smallest absolute Gasteiger partial charge is 0.123 e. The predicted octanol–water partition coefficient (Wildman–Crippen LogP) is -0.170. The van der Waals surface area contributed by atoms with Crippen molar-refractivity contribution in [2.24, 2.45) is 5.73 Å². The number of aliphatic hydroxyl groups is 1. The van der Waals surface area contributed by atoms with E-state index in [2.05, 4.69) is 4.98 Å². The first-order valence-electron chi connectivity index (χ1n) is 3.69. The molecule has 1 rings (SSSR count). The van der Waals surface area contributed by atoms with Gasteiger partial charge in [-0.1, -0.05) is 6.07 Å². The second kappa shape index (κ2) is 3.08. The molecule has 0 fully saturated rings. The van der Waals surface area contributed by atoms with Gasteiger partial charge in [-0.25, -0.2) is 4.98 Å². The highest BCUT2D eigenvalue weighted by Gasteiger charge is 2.21. The zero-order valence-corrected chi connectivity index (χ0v) is 6.99. The molecule has 0 amide bonds. The molecule has 0 aliphatic carbocycles. The van der Waals surface area contributed by atoms with Crippen molar-refractivity contribution in [1.29, 1.82) is 0 Å². The first-order valence-corrected chi connectivity index (χ1v) is 3.69. The lowest BCUT2D eigenvalue weighted by Crippen LogP contribution is -2.37. The first kappa shape index (κ1) is 8.96. The lowest BCUT2D eigenvalue weighted by atomic mass is 10.0. The zero-order valence-electron chi connectivity index (χ0n) is 6.99. The third-order valence-corrected chi connectivity index (χ3v) is 1.68. The van der Waals surface area contributed by atoms with Gasteiger partial charge in [-0.2, -0.15) is 0 Å². The van der Waals surface area contributed by atoms with Gasteiger partial charge in [0.2, 0.25) is 0 Å². The van der Waals surface area contributed by atoms with Gasteiger partial charge in [0, 0.05) is 0 Å². The third-order valence-electron chi connectivity index (χ3n) is 1.68. The van der Waals surface area contributed by atoms with Gasteiger partial charge in [0.1, 0.15) is 5.82 Å². The van der Waals surface area contributed by atoms with E-state index in [1.165, 1.54) is 0 Å². The number of aliphatic hydroxyl groups excluding tert-OH is 1. The van der Waals surface area contributed by atoms with Crippen LogP contribution in [0.2, 0.25) is 0 Å². The topological polar surface area (TPSA) is 85.2 Å². The van der Waals surface area contributed by atoms with Gasteiger partial charge in [-0.15, -0.1) is 0 Å². The monoisotopic (exact) mass is 167 g/mol. The van der Waals surface area contributed by atoms with E-state index in [4.69, 9.17) is 16.6 Å². The van der Waals surface area contributed by atoms with Crippen LogP contribution in [0, 0.1) is 0 Å². The number of nitrogens with two attached hydrogens (primary N) is 2. The van der Waals surface area contributed by atoms with Crippen LogP contribution in [0.25, 0.3) is 0 Å². The molecule has 12 heavy (non-hydrogen) atoms. The van der Waals surface area contributed by atoms with Crippen LogP contribution in [0.1, 0.15) is 12.6 Å². The summed E-state index contributed by atoms with van der Waals surface area (Å²) in [6.45, 7) is 1.55. The van der Waals surface area contributed by atoms with Gasteiger partial charge in [0.25, 0.3) is 0 Å². The Bertz CT molecular complexity index is 273. The number of aromatic nitrogens is 1. The summed E-state index contributed by atoms with van der Waals surface area (Å²) in [5, 5.41) is 8.93. The fraction of sp³-hybridized carbons (Fsp3) is 0.375. The Morgan fingerprint density at radius 3 is 2.75 bits per heavy atom. The van der Waals surface area contributed by atoms with Crippen LogP contribution in [0.3, 0.4) is 0 Å². The molecule has 5 N–H and O–H groups in total. The molecule has 0 saturated heterocycles. The van der Waals surface area contributed by atoms with Crippen molar-refractivity contribution in [3.8, 4) is 0 Å². The van der Waals surface area contributed by atoms with Crippen LogP contribution in [0.15, 0.2) is 18.2 Å². The molecule has 4 nitrogen and oxygen atoms in total. The summed E-state index contributed by atoms with van der Waals surface area (Å²) in [7, 11) is 0. The molecule has 1 heterocycles. The van der Waals surface area contributed by atoms with E-state index in [1.54, 1.807) is 25.1 Å². The molecule has 1 aromatic heterocycles. The van der Waals surface area contributed by atoms with Crippen LogP contribution in [-0.2, 0) is 5.54 Å². The number of nitrogens with zero attached hydrogens (tertiary/aromatic N) is 1. The van der Waals surface area contributed by atoms with Gasteiger partial charge < -0.3 is 16.6 Å². The Balaban J connectivity index is 3.03. The lowest BCUT2D eigenvalue weighted by Gasteiger charge is -2.20. The van der Waals surface area contributed by atoms with Crippen molar-refractivity contribution in [3.05, 3.63) is 23.9 Å². The summed E-state index contributed by atoms with van der Waals surface area (Å²) in [6.07, 6.45) is 0. The second-order valence-electron chi connectivity index (χ2n) is 3.02. The highest BCUT2D eigenvalue weighted by Crippen LogP contribution is 2.14. The average molecular weight is 167 g/mol. The van der Waals surface area contributed by atoms with E-state index in [-0.39, 0.29) is 6.61 Å². The fourth-order valence-electron chi connectivity index (χ4n) is 0.851. The van der Waals surface area contributed by atoms with E-state index < -0.39 is 5.54 Å². The van der Waals surface area contributed by atoms with E-state index in [0.29, 0.717) is 11.5 Å². The molecule has 0 aliphatic rings. The molecular weight excluding hydrogens is 154 g/mol. The van der Waals surface area contributed by atoms with Gasteiger partial charge in [-0.3, -0.25) is 0 Å². The SMILES string of the molecule is CC(N)(CO)c1cccc(N)n1. The van der Waals surface area contributed by atoms with Crippen LogP contribution >= 0.6 is 0 Å². The normalized spacial score (nSPS) is 15.6. The Morgan fingerprint density at radius 2 is 2.25 bits per heavy atom. The Hall–Kier alpha value is -1.13. The van der Waals surface area contributed by atoms with Crippen LogP contribution in [0.5, 0.6) is 0 Å². The van der Waals surface area contributed by atoms with E-state index in [0.717, 1.165) is 0 Å². The number of pyridine rings is 1. The minimum atomic E-state index is -0.810. The summed E-state index contributed by atoms with van der Waals surface area (Å²) in [5.41, 5.74) is 11.0. The molecule has 0 aromatic carbocycles. The number of rotatable bonds is 2. The largest absolute Gasteiger partial charge is 0.394 e. The predicted molar refractivity (Wildman–Crippen MR) is 47.3 cm³/mol. The van der Waals surface area contributed by atoms with Crippen molar-refractivity contribution in [1.82, 2.24) is 4.98 Å². The molecule has 0 bridgehead atoms. The van der Waals surface area contributed by atoms with Crippen LogP contribution in [0.4, 0.5) is 5.82 Å². The zero-order chi connectivity index (χ0) is 9.19. The minimum Gasteiger partial charge on any atom is -0.394 e. The first-order chi connectivity index (χ1) is 5.56. The summed E-state index contributed by atoms with van der Waals surface area (Å²) >= 11 is 0. The number of hydrogen-bond acceptors (Lipinski definition) is 4. The molecular formula is C8H13N3O. The molecule has 1 unspecified atom stereocenters. The maximum absolute atomic E-state index is 8.93. The van der Waals surface area contributed by atoms with E-state index in [1.807, 2.05) is 0 Å². The summed E-state index contributed by atoms with van der Waals surface area (Å²) in [4.78, 5) is 4.01. The standard InChI is InChI=1S/C8H13N3O/c1-8(10,5-12)6-3-2-4-7(9)11-6/h2-4,12H,5,10H2,1H3,(H2,9,11). The highest BCUT2D eigenvalue weighted by atomic mass is 16.3. The van der Waals surface area contributed by atoms with Crippen molar-refractivity contribution in [2.75, 3.05) is 12.3 Å². The number of hydrogen-bond donors (Lipinski definition) is 3. The highest BCUT2D eigenvalue weighted by molar-refractivity contribution is 5.31. The molecule has 66 valence electrons. The van der Waals surface area contributed by atoms with Crippen LogP contribution in [-0.4, -0.2) is 16.7 Å². The van der Waals surface area contributed by atoms with Crippen molar-refractivity contribution in [2.45, 2.75) is 12.5 Å². The maximum Gasteiger partial charge on any atom is 0.123 e. The molecule has 0 aliphatic heterocycles. The van der Waals surface area contributed by atoms with Crippen molar-refractivity contribution < 1.29 is 5.11 Å². The van der Waals surface area contributed by atoms with Gasteiger partial charge >= 0.3 is 0 Å². The molecule has 0 radical (unpaired) electrons. The van der Waals surface area contributed by atoms with Gasteiger partial charge in [-0.05, 0) is 19.1 Å². The quantitative estimate of drug-likeness (QED) is 0.571. The maximum atomic E-state index is 8.93. The molecule has 0 saturated carbocycles. The number of nitrogen functional groups attached to an aromatic ring is 1. The van der Waals surface area contributed by atoms with E-state index >= 15 is 0 Å². The summed E-state index contributed by atoms with van der Waals surface area (Å²) in [6, 6.07) is 5.18. The second-order valence-corrected chi connectivity index (χ2v) is 3.02. The molecule has 0 spiro atoms. The third kappa shape index (κ3) is 1.72. The Labute approximate surface area is 71.2 Å². The minimum absolute atomic E-state index is 0.149. The Kier molecular flexibility index (Phi) is 2.30. The molecule has 1 aromatic rings. The Morgan fingerprint density at radius 1 is 1.58 bits per heavy atom. The fourth-order valence-corrected chi connectivity index (χ4v) is 0.851. The molecule has 4 heteroatoms. The van der Waals surface area contributed by atoms with E-state index in [9.17, 15) is 0 Å². The molecule has 1 atom stereocenters. The van der Waals surface area contributed by atoms with Gasteiger partial charge in [0.05, 0.1) is 17.8 Å². The average Bonchev–Trinajstić information content (AvgIpc) is 2.05. The summed E-state index contributed by atoms with van der Waals surface area (Å²) in [5.74, 6) is 0.414. The lowest BCUT2D eigenvalue weighted by molar-refractivity contribution is 0.207. The van der Waals surface area contributed by atoms with Gasteiger partial charge in [0.15, 0.2) is 0 Å². The summed E-state index contributed by atoms with van der Waals surface area (Å²) < 4.78 is 0. The van der Waals surface area contributed by atoms with Crippen LogP contribution < -0.4 is 11.5 Å². The number of anilines is 1. The van der Waals surface area contributed by atoms with Crippen molar-refractivity contribution >= 4 is 5.82 Å².